The number of benzene rings is 2. The molecule has 2 rings (SSSR count). The Labute approximate surface area is 126 Å². The highest BCUT2D eigenvalue weighted by Gasteiger charge is 2.10. The molecule has 0 radical (unpaired) electrons. The van der Waals surface area contributed by atoms with Gasteiger partial charge in [0.1, 0.15) is 0 Å². The van der Waals surface area contributed by atoms with Gasteiger partial charge in [-0.05, 0) is 41.8 Å². The molecule has 0 atom stereocenters. The molecule has 0 saturated heterocycles. The lowest BCUT2D eigenvalue weighted by molar-refractivity contribution is 1.19. The van der Waals surface area contributed by atoms with Crippen molar-refractivity contribution in [2.24, 2.45) is 0 Å². The molecule has 0 N–H and O–H groups in total. The second-order valence-corrected chi connectivity index (χ2v) is 5.68. The predicted molar refractivity (Wildman–Crippen MR) is 80.5 cm³/mol. The van der Waals surface area contributed by atoms with Crippen molar-refractivity contribution in [3.05, 3.63) is 67.1 Å². The Bertz CT molecular complexity index is 591. The van der Waals surface area contributed by atoms with Crippen LogP contribution in [0.2, 0.25) is 20.1 Å². The van der Waals surface area contributed by atoms with Crippen LogP contribution in [-0.2, 0) is 6.42 Å². The first kappa shape index (κ1) is 14.0. The van der Waals surface area contributed by atoms with Gasteiger partial charge in [0.2, 0.25) is 0 Å². The van der Waals surface area contributed by atoms with E-state index in [1.165, 1.54) is 0 Å². The van der Waals surface area contributed by atoms with Gasteiger partial charge in [-0.1, -0.05) is 58.5 Å². The second kappa shape index (κ2) is 5.71. The van der Waals surface area contributed by atoms with Crippen LogP contribution in [0.3, 0.4) is 0 Å². The van der Waals surface area contributed by atoms with Crippen molar-refractivity contribution < 1.29 is 0 Å². The van der Waals surface area contributed by atoms with Gasteiger partial charge in [0, 0.05) is 16.5 Å². The summed E-state index contributed by atoms with van der Waals surface area (Å²) in [7, 11) is 0. The number of aryl methyl sites for hydroxylation is 1. The molecule has 0 heterocycles. The smallest absolute Gasteiger partial charge is 0.0630 e. The molecule has 0 aliphatic heterocycles. The zero-order valence-corrected chi connectivity index (χ0v) is 12.6. The third-order valence-corrected chi connectivity index (χ3v) is 4.36. The normalized spacial score (nSPS) is 10.7. The summed E-state index contributed by atoms with van der Waals surface area (Å²) in [6.07, 6.45) is 0.609. The van der Waals surface area contributed by atoms with Gasteiger partial charge in [0.15, 0.2) is 0 Å². The van der Waals surface area contributed by atoms with Crippen molar-refractivity contribution >= 4 is 46.4 Å². The summed E-state index contributed by atoms with van der Waals surface area (Å²) in [6, 6.07) is 9.29. The molecule has 0 unspecified atom stereocenters. The average Bonchev–Trinajstić information content (AvgIpc) is 2.34. The molecule has 0 amide bonds. The first-order chi connectivity index (χ1) is 8.49. The fraction of sp³-hybridized carbons (Fsp3) is 0.143. The zero-order valence-electron chi connectivity index (χ0n) is 9.61. The maximum Gasteiger partial charge on any atom is 0.0630 e. The van der Waals surface area contributed by atoms with Gasteiger partial charge in [-0.15, -0.1) is 0 Å². The van der Waals surface area contributed by atoms with E-state index in [-0.39, 0.29) is 0 Å². The Kier molecular flexibility index (Phi) is 4.45. The topological polar surface area (TPSA) is 0 Å². The molecule has 0 bridgehead atoms. The summed E-state index contributed by atoms with van der Waals surface area (Å²) in [5.41, 5.74) is 2.84. The van der Waals surface area contributed by atoms with E-state index in [1.807, 2.05) is 25.1 Å². The SMILES string of the molecule is Cc1ccc(Cc2cc(Cl)ccc2Cl)c(Cl)c1Cl. The molecule has 0 nitrogen and oxygen atoms in total. The zero-order chi connectivity index (χ0) is 13.3. The number of hydrogen-bond donors (Lipinski definition) is 0. The van der Waals surface area contributed by atoms with Crippen molar-refractivity contribution in [1.29, 1.82) is 0 Å². The quantitative estimate of drug-likeness (QED) is 0.618. The van der Waals surface area contributed by atoms with Gasteiger partial charge in [0.25, 0.3) is 0 Å². The third kappa shape index (κ3) is 2.95. The summed E-state index contributed by atoms with van der Waals surface area (Å²) in [6.45, 7) is 1.92. The molecule has 0 aromatic heterocycles. The van der Waals surface area contributed by atoms with Crippen LogP contribution in [-0.4, -0.2) is 0 Å². The van der Waals surface area contributed by atoms with E-state index in [2.05, 4.69) is 0 Å². The van der Waals surface area contributed by atoms with E-state index in [4.69, 9.17) is 46.4 Å². The highest BCUT2D eigenvalue weighted by atomic mass is 35.5. The van der Waals surface area contributed by atoms with E-state index in [1.54, 1.807) is 12.1 Å². The van der Waals surface area contributed by atoms with Crippen LogP contribution in [0.25, 0.3) is 0 Å². The minimum Gasteiger partial charge on any atom is -0.0843 e. The summed E-state index contributed by atoms with van der Waals surface area (Å²) in [4.78, 5) is 0. The lowest BCUT2D eigenvalue weighted by atomic mass is 10.0. The highest BCUT2D eigenvalue weighted by Crippen LogP contribution is 2.32. The maximum absolute atomic E-state index is 6.23. The highest BCUT2D eigenvalue weighted by molar-refractivity contribution is 6.43. The van der Waals surface area contributed by atoms with E-state index in [9.17, 15) is 0 Å². The van der Waals surface area contributed by atoms with Gasteiger partial charge >= 0.3 is 0 Å². The Morgan fingerprint density at radius 3 is 2.28 bits per heavy atom. The number of hydrogen-bond acceptors (Lipinski definition) is 0. The Morgan fingerprint density at radius 2 is 1.56 bits per heavy atom. The van der Waals surface area contributed by atoms with Gasteiger partial charge < -0.3 is 0 Å². The molecule has 0 aliphatic carbocycles. The fourth-order valence-electron chi connectivity index (χ4n) is 1.71. The maximum atomic E-state index is 6.23. The largest absolute Gasteiger partial charge is 0.0843 e. The monoisotopic (exact) mass is 318 g/mol. The Morgan fingerprint density at radius 1 is 0.833 bits per heavy atom. The Balaban J connectivity index is 2.40. The Hall–Kier alpha value is -0.400. The van der Waals surface area contributed by atoms with Crippen molar-refractivity contribution in [2.75, 3.05) is 0 Å². The molecule has 0 aliphatic rings. The van der Waals surface area contributed by atoms with Gasteiger partial charge in [-0.2, -0.15) is 0 Å². The molecule has 4 heteroatoms. The number of halogens is 4. The first-order valence-corrected chi connectivity index (χ1v) is 6.87. The molecule has 0 spiro atoms. The lowest BCUT2D eigenvalue weighted by Crippen LogP contribution is -1.92. The number of rotatable bonds is 2. The van der Waals surface area contributed by atoms with Crippen LogP contribution in [0.5, 0.6) is 0 Å². The van der Waals surface area contributed by atoms with Crippen LogP contribution in [0.1, 0.15) is 16.7 Å². The third-order valence-electron chi connectivity index (χ3n) is 2.74. The van der Waals surface area contributed by atoms with E-state index in [0.29, 0.717) is 26.5 Å². The summed E-state index contributed by atoms with van der Waals surface area (Å²) < 4.78 is 0. The van der Waals surface area contributed by atoms with Crippen molar-refractivity contribution in [2.45, 2.75) is 13.3 Å². The van der Waals surface area contributed by atoms with Crippen LogP contribution in [0.15, 0.2) is 30.3 Å². The average molecular weight is 320 g/mol. The van der Waals surface area contributed by atoms with Crippen LogP contribution in [0, 0.1) is 6.92 Å². The van der Waals surface area contributed by atoms with Crippen molar-refractivity contribution in [3.63, 3.8) is 0 Å². The molecular formula is C14H10Cl4. The predicted octanol–water partition coefficient (Wildman–Crippen LogP) is 6.20. The molecule has 2 aromatic carbocycles. The van der Waals surface area contributed by atoms with E-state index >= 15 is 0 Å². The molecule has 94 valence electrons. The minimum atomic E-state index is 0.577. The van der Waals surface area contributed by atoms with Crippen LogP contribution >= 0.6 is 46.4 Å². The summed E-state index contributed by atoms with van der Waals surface area (Å²) >= 11 is 24.5. The molecule has 0 saturated carbocycles. The fourth-order valence-corrected chi connectivity index (χ4v) is 2.55. The molecule has 2 aromatic rings. The lowest BCUT2D eigenvalue weighted by Gasteiger charge is -2.09. The van der Waals surface area contributed by atoms with Gasteiger partial charge in [0.05, 0.1) is 10.0 Å². The van der Waals surface area contributed by atoms with Crippen molar-refractivity contribution in [1.82, 2.24) is 0 Å². The standard InChI is InChI=1S/C14H10Cl4/c1-8-2-3-9(14(18)13(8)17)6-10-7-11(15)4-5-12(10)16/h2-5,7H,6H2,1H3. The summed E-state index contributed by atoms with van der Waals surface area (Å²) in [5, 5.41) is 2.50. The first-order valence-electron chi connectivity index (χ1n) is 5.36. The summed E-state index contributed by atoms with van der Waals surface area (Å²) in [5.74, 6) is 0. The van der Waals surface area contributed by atoms with E-state index < -0.39 is 0 Å². The van der Waals surface area contributed by atoms with Crippen molar-refractivity contribution in [3.8, 4) is 0 Å². The minimum absolute atomic E-state index is 0.577. The van der Waals surface area contributed by atoms with Gasteiger partial charge in [-0.3, -0.25) is 0 Å². The van der Waals surface area contributed by atoms with Crippen LogP contribution in [0.4, 0.5) is 0 Å². The molecule has 0 fully saturated rings. The molecular weight excluding hydrogens is 310 g/mol. The second-order valence-electron chi connectivity index (χ2n) is 4.08. The van der Waals surface area contributed by atoms with Crippen LogP contribution < -0.4 is 0 Å². The van der Waals surface area contributed by atoms with E-state index in [0.717, 1.165) is 16.7 Å². The van der Waals surface area contributed by atoms with Gasteiger partial charge in [-0.25, -0.2) is 0 Å². The molecule has 18 heavy (non-hydrogen) atoms.